The fraction of sp³-hybridized carbons (Fsp3) is 0.600. The third-order valence-electron chi connectivity index (χ3n) is 6.46. The van der Waals surface area contributed by atoms with Crippen molar-refractivity contribution in [3.8, 4) is 0 Å². The second kappa shape index (κ2) is 6.94. The summed E-state index contributed by atoms with van der Waals surface area (Å²) in [6.07, 6.45) is 8.83. The normalized spacial score (nSPS) is 30.9. The zero-order chi connectivity index (χ0) is 19.0. The molecule has 7 heteroatoms. The van der Waals surface area contributed by atoms with Crippen LogP contribution in [0.3, 0.4) is 0 Å². The topological polar surface area (TPSA) is 82.6 Å². The Morgan fingerprint density at radius 1 is 1.22 bits per heavy atom. The second-order valence-electron chi connectivity index (χ2n) is 7.97. The monoisotopic (exact) mass is 370 g/mol. The lowest BCUT2D eigenvalue weighted by Gasteiger charge is -2.36. The number of imide groups is 1. The maximum Gasteiger partial charge on any atom is 0.325 e. The maximum atomic E-state index is 13.1. The lowest BCUT2D eigenvalue weighted by molar-refractivity contribution is -0.141. The molecule has 1 aromatic heterocycles. The van der Waals surface area contributed by atoms with E-state index in [0.29, 0.717) is 13.0 Å². The quantitative estimate of drug-likeness (QED) is 0.827. The fourth-order valence-electron chi connectivity index (χ4n) is 4.86. The SMILES string of the molecule is C[C@H]1CCCC[C@@]12NC(=O)N(CC(=O)N1CCC[C@@H]1c1ccncc1)C2=O. The molecule has 4 amide bonds. The highest BCUT2D eigenvalue weighted by Gasteiger charge is 2.55. The van der Waals surface area contributed by atoms with Crippen molar-refractivity contribution in [1.29, 1.82) is 0 Å². The van der Waals surface area contributed by atoms with Crippen molar-refractivity contribution in [3.05, 3.63) is 30.1 Å². The summed E-state index contributed by atoms with van der Waals surface area (Å²) in [6.45, 7) is 2.49. The highest BCUT2D eigenvalue weighted by Crippen LogP contribution is 2.38. The van der Waals surface area contributed by atoms with Crippen molar-refractivity contribution < 1.29 is 14.4 Å². The van der Waals surface area contributed by atoms with Gasteiger partial charge in [-0.15, -0.1) is 0 Å². The summed E-state index contributed by atoms with van der Waals surface area (Å²) in [7, 11) is 0. The minimum absolute atomic E-state index is 0.0103. The van der Waals surface area contributed by atoms with Gasteiger partial charge in [-0.25, -0.2) is 4.79 Å². The molecule has 0 radical (unpaired) electrons. The van der Waals surface area contributed by atoms with Gasteiger partial charge in [0.25, 0.3) is 5.91 Å². The number of nitrogens with one attached hydrogen (secondary N) is 1. The molecule has 1 spiro atoms. The van der Waals surface area contributed by atoms with Gasteiger partial charge in [0, 0.05) is 18.9 Å². The lowest BCUT2D eigenvalue weighted by atomic mass is 9.73. The van der Waals surface area contributed by atoms with E-state index in [0.717, 1.165) is 42.6 Å². The van der Waals surface area contributed by atoms with Crippen LogP contribution in [0.15, 0.2) is 24.5 Å². The zero-order valence-corrected chi connectivity index (χ0v) is 15.7. The predicted molar refractivity (Wildman–Crippen MR) is 98.5 cm³/mol. The number of urea groups is 1. The molecule has 3 aliphatic rings. The third kappa shape index (κ3) is 2.99. The number of amides is 4. The average molecular weight is 370 g/mol. The maximum absolute atomic E-state index is 13.1. The molecule has 7 nitrogen and oxygen atoms in total. The van der Waals surface area contributed by atoms with Crippen LogP contribution in [0.25, 0.3) is 0 Å². The van der Waals surface area contributed by atoms with Crippen LogP contribution in [0.5, 0.6) is 0 Å². The Balaban J connectivity index is 1.49. The van der Waals surface area contributed by atoms with Gasteiger partial charge < -0.3 is 10.2 Å². The third-order valence-corrected chi connectivity index (χ3v) is 6.46. The molecule has 27 heavy (non-hydrogen) atoms. The first-order valence-corrected chi connectivity index (χ1v) is 9.86. The Morgan fingerprint density at radius 2 is 2.00 bits per heavy atom. The van der Waals surface area contributed by atoms with Crippen LogP contribution < -0.4 is 5.32 Å². The van der Waals surface area contributed by atoms with Gasteiger partial charge >= 0.3 is 6.03 Å². The summed E-state index contributed by atoms with van der Waals surface area (Å²) in [6, 6.07) is 3.40. The molecule has 1 aliphatic carbocycles. The Bertz CT molecular complexity index is 753. The smallest absolute Gasteiger partial charge is 0.325 e. The predicted octanol–water partition coefficient (Wildman–Crippen LogP) is 2.25. The first-order valence-electron chi connectivity index (χ1n) is 9.86. The van der Waals surface area contributed by atoms with E-state index in [1.54, 1.807) is 17.3 Å². The van der Waals surface area contributed by atoms with Crippen LogP contribution in [0.4, 0.5) is 4.79 Å². The molecule has 0 bridgehead atoms. The summed E-state index contributed by atoms with van der Waals surface area (Å²) >= 11 is 0. The molecule has 2 saturated heterocycles. The number of carbonyl (C=O) groups excluding carboxylic acids is 3. The van der Waals surface area contributed by atoms with E-state index in [1.807, 2.05) is 19.1 Å². The number of rotatable bonds is 3. The Labute approximate surface area is 159 Å². The van der Waals surface area contributed by atoms with Gasteiger partial charge in [0.05, 0.1) is 6.04 Å². The van der Waals surface area contributed by atoms with Gasteiger partial charge in [-0.2, -0.15) is 0 Å². The van der Waals surface area contributed by atoms with Crippen molar-refractivity contribution in [2.75, 3.05) is 13.1 Å². The molecule has 4 rings (SSSR count). The molecule has 3 atom stereocenters. The van der Waals surface area contributed by atoms with Crippen molar-refractivity contribution in [3.63, 3.8) is 0 Å². The van der Waals surface area contributed by atoms with E-state index in [1.165, 1.54) is 0 Å². The first kappa shape index (κ1) is 17.9. The molecular formula is C20H26N4O3. The molecule has 0 aromatic carbocycles. The van der Waals surface area contributed by atoms with Crippen LogP contribution in [-0.2, 0) is 9.59 Å². The number of hydrogen-bond acceptors (Lipinski definition) is 4. The van der Waals surface area contributed by atoms with Gasteiger partial charge in [-0.1, -0.05) is 19.8 Å². The number of likely N-dealkylation sites (tertiary alicyclic amines) is 1. The van der Waals surface area contributed by atoms with Crippen LogP contribution in [-0.4, -0.2) is 51.3 Å². The molecule has 144 valence electrons. The van der Waals surface area contributed by atoms with Gasteiger partial charge in [-0.05, 0) is 49.3 Å². The number of carbonyl (C=O) groups is 3. The molecule has 3 fully saturated rings. The minimum atomic E-state index is -0.814. The van der Waals surface area contributed by atoms with Gasteiger partial charge in [0.2, 0.25) is 5.91 Å². The Morgan fingerprint density at radius 3 is 2.74 bits per heavy atom. The van der Waals surface area contributed by atoms with Crippen molar-refractivity contribution in [1.82, 2.24) is 20.1 Å². The lowest BCUT2D eigenvalue weighted by Crippen LogP contribution is -2.54. The van der Waals surface area contributed by atoms with E-state index in [9.17, 15) is 14.4 Å². The molecule has 1 saturated carbocycles. The molecule has 1 N–H and O–H groups in total. The highest BCUT2D eigenvalue weighted by molar-refractivity contribution is 6.09. The molecule has 2 aliphatic heterocycles. The van der Waals surface area contributed by atoms with Crippen molar-refractivity contribution >= 4 is 17.8 Å². The van der Waals surface area contributed by atoms with Gasteiger partial charge in [-0.3, -0.25) is 19.5 Å². The van der Waals surface area contributed by atoms with Gasteiger partial charge in [0.15, 0.2) is 0 Å². The van der Waals surface area contributed by atoms with Crippen LogP contribution in [0.2, 0.25) is 0 Å². The Hall–Kier alpha value is -2.44. The molecule has 3 heterocycles. The molecular weight excluding hydrogens is 344 g/mol. The molecule has 0 unspecified atom stereocenters. The van der Waals surface area contributed by atoms with Crippen molar-refractivity contribution in [2.45, 2.75) is 57.0 Å². The second-order valence-corrected chi connectivity index (χ2v) is 7.97. The van der Waals surface area contributed by atoms with Crippen LogP contribution in [0.1, 0.15) is 57.1 Å². The van der Waals surface area contributed by atoms with E-state index < -0.39 is 11.6 Å². The standard InChI is InChI=1S/C20H26N4O3/c1-14-5-2-3-9-20(14)18(26)24(19(27)22-20)13-17(25)23-12-4-6-16(23)15-7-10-21-11-8-15/h7-8,10-11,14,16H,2-6,9,12-13H2,1H3,(H,22,27)/t14-,16+,20+/m0/s1. The number of aromatic nitrogens is 1. The summed E-state index contributed by atoms with van der Waals surface area (Å²) in [5.74, 6) is -0.301. The van der Waals surface area contributed by atoms with E-state index >= 15 is 0 Å². The first-order chi connectivity index (χ1) is 13.0. The number of nitrogens with zero attached hydrogens (tertiary/aromatic N) is 3. The molecule has 1 aromatic rings. The Kier molecular flexibility index (Phi) is 4.61. The average Bonchev–Trinajstić information content (AvgIpc) is 3.25. The zero-order valence-electron chi connectivity index (χ0n) is 15.7. The summed E-state index contributed by atoms with van der Waals surface area (Å²) in [5.41, 5.74) is 0.232. The van der Waals surface area contributed by atoms with E-state index in [2.05, 4.69) is 10.3 Å². The minimum Gasteiger partial charge on any atom is -0.334 e. The van der Waals surface area contributed by atoms with E-state index in [-0.39, 0.29) is 30.3 Å². The summed E-state index contributed by atoms with van der Waals surface area (Å²) in [5, 5.41) is 2.92. The largest absolute Gasteiger partial charge is 0.334 e. The van der Waals surface area contributed by atoms with Crippen molar-refractivity contribution in [2.24, 2.45) is 5.92 Å². The summed E-state index contributed by atoms with van der Waals surface area (Å²) < 4.78 is 0. The van der Waals surface area contributed by atoms with Gasteiger partial charge in [0.1, 0.15) is 12.1 Å². The van der Waals surface area contributed by atoms with E-state index in [4.69, 9.17) is 0 Å². The highest BCUT2D eigenvalue weighted by atomic mass is 16.2. The van der Waals surface area contributed by atoms with Crippen LogP contribution >= 0.6 is 0 Å². The summed E-state index contributed by atoms with van der Waals surface area (Å²) in [4.78, 5) is 45.5. The fourth-order valence-corrected chi connectivity index (χ4v) is 4.86. The number of hydrogen-bond donors (Lipinski definition) is 1. The van der Waals surface area contributed by atoms with Crippen LogP contribution in [0, 0.1) is 5.92 Å². The number of pyridine rings is 1.